The lowest BCUT2D eigenvalue weighted by molar-refractivity contribution is -0.121. The van der Waals surface area contributed by atoms with Crippen molar-refractivity contribution < 1.29 is 4.79 Å². The third-order valence-corrected chi connectivity index (χ3v) is 5.83. The Balaban J connectivity index is 1.59. The Hall–Kier alpha value is -3.45. The Kier molecular flexibility index (Phi) is 5.90. The van der Waals surface area contributed by atoms with E-state index < -0.39 is 5.69 Å². The molecule has 1 amide bonds. The van der Waals surface area contributed by atoms with E-state index in [0.717, 1.165) is 11.1 Å². The first-order chi connectivity index (χ1) is 14.6. The number of aryl methyl sites for hydroxylation is 1. The average molecular weight is 420 g/mol. The number of hydrogen-bond donors (Lipinski definition) is 1. The topological polar surface area (TPSA) is 73.1 Å². The van der Waals surface area contributed by atoms with Crippen LogP contribution >= 0.6 is 11.3 Å². The minimum absolute atomic E-state index is 0.134. The van der Waals surface area contributed by atoms with Crippen molar-refractivity contribution >= 4 is 27.5 Å². The summed E-state index contributed by atoms with van der Waals surface area (Å²) < 4.78 is 3.10. The van der Waals surface area contributed by atoms with Crippen molar-refractivity contribution in [3.63, 3.8) is 0 Å². The maximum atomic E-state index is 13.1. The molecular formula is C23H21N3O3S. The molecule has 2 aromatic heterocycles. The molecule has 0 spiro atoms. The van der Waals surface area contributed by atoms with Crippen LogP contribution in [0.15, 0.2) is 81.7 Å². The molecule has 0 aliphatic rings. The molecule has 0 saturated heterocycles. The molecule has 4 rings (SSSR count). The van der Waals surface area contributed by atoms with Crippen LogP contribution in [-0.4, -0.2) is 15.0 Å². The minimum Gasteiger partial charge on any atom is -0.350 e. The molecule has 0 radical (unpaired) electrons. The number of nitrogens with zero attached hydrogens (tertiary/aromatic N) is 2. The van der Waals surface area contributed by atoms with Crippen molar-refractivity contribution in [2.75, 3.05) is 0 Å². The molecule has 152 valence electrons. The van der Waals surface area contributed by atoms with Gasteiger partial charge in [0.1, 0.15) is 11.2 Å². The van der Waals surface area contributed by atoms with Crippen LogP contribution < -0.4 is 16.6 Å². The number of carbonyl (C=O) groups is 1. The predicted molar refractivity (Wildman–Crippen MR) is 119 cm³/mol. The first kappa shape index (κ1) is 19.8. The summed E-state index contributed by atoms with van der Waals surface area (Å²) in [7, 11) is 0. The van der Waals surface area contributed by atoms with Gasteiger partial charge in [-0.3, -0.25) is 18.7 Å². The SMILES string of the molecule is O=C(Cn1c(=O)n(CCc2ccccc2)c(=O)c2sccc21)NCc1ccccc1. The summed E-state index contributed by atoms with van der Waals surface area (Å²) in [5.74, 6) is -0.276. The van der Waals surface area contributed by atoms with E-state index >= 15 is 0 Å². The molecule has 0 atom stereocenters. The molecule has 7 heteroatoms. The Morgan fingerprint density at radius 2 is 1.53 bits per heavy atom. The van der Waals surface area contributed by atoms with Gasteiger partial charge in [-0.2, -0.15) is 0 Å². The highest BCUT2D eigenvalue weighted by atomic mass is 32.1. The lowest BCUT2D eigenvalue weighted by Crippen LogP contribution is -2.42. The summed E-state index contributed by atoms with van der Waals surface area (Å²) in [5, 5.41) is 4.61. The Bertz CT molecular complexity index is 1270. The first-order valence-electron chi connectivity index (χ1n) is 9.69. The van der Waals surface area contributed by atoms with Gasteiger partial charge in [0.25, 0.3) is 5.56 Å². The Morgan fingerprint density at radius 1 is 0.867 bits per heavy atom. The number of benzene rings is 2. The summed E-state index contributed by atoms with van der Waals surface area (Å²) in [5.41, 5.74) is 1.76. The molecule has 0 fully saturated rings. The second-order valence-corrected chi connectivity index (χ2v) is 7.87. The van der Waals surface area contributed by atoms with Crippen molar-refractivity contribution in [3.8, 4) is 0 Å². The monoisotopic (exact) mass is 419 g/mol. The zero-order valence-corrected chi connectivity index (χ0v) is 17.1. The molecule has 0 saturated carbocycles. The van der Waals surface area contributed by atoms with Crippen molar-refractivity contribution in [1.82, 2.24) is 14.5 Å². The summed E-state index contributed by atoms with van der Waals surface area (Å²) in [6.45, 7) is 0.514. The van der Waals surface area contributed by atoms with Crippen LogP contribution in [0, 0.1) is 0 Å². The van der Waals surface area contributed by atoms with Crippen molar-refractivity contribution in [2.45, 2.75) is 26.1 Å². The summed E-state index contributed by atoms with van der Waals surface area (Å²) in [6, 6.07) is 21.0. The van der Waals surface area contributed by atoms with Crippen molar-refractivity contribution in [3.05, 3.63) is 104 Å². The molecule has 0 aliphatic carbocycles. The van der Waals surface area contributed by atoms with Gasteiger partial charge in [-0.25, -0.2) is 4.79 Å². The number of rotatable bonds is 7. The molecule has 30 heavy (non-hydrogen) atoms. The minimum atomic E-state index is -0.461. The van der Waals surface area contributed by atoms with Gasteiger partial charge in [0.05, 0.1) is 5.52 Å². The van der Waals surface area contributed by atoms with Crippen LogP contribution in [0.1, 0.15) is 11.1 Å². The highest BCUT2D eigenvalue weighted by Gasteiger charge is 2.16. The number of nitrogens with one attached hydrogen (secondary N) is 1. The fourth-order valence-electron chi connectivity index (χ4n) is 3.36. The van der Waals surface area contributed by atoms with Crippen LogP contribution in [0.3, 0.4) is 0 Å². The number of thiophene rings is 1. The highest BCUT2D eigenvalue weighted by molar-refractivity contribution is 7.17. The van der Waals surface area contributed by atoms with Crippen LogP contribution in [-0.2, 0) is 30.8 Å². The molecule has 1 N–H and O–H groups in total. The van der Waals surface area contributed by atoms with E-state index in [1.807, 2.05) is 60.7 Å². The normalized spacial score (nSPS) is 10.9. The average Bonchev–Trinajstić information content (AvgIpc) is 3.27. The maximum Gasteiger partial charge on any atom is 0.332 e. The van der Waals surface area contributed by atoms with E-state index in [0.29, 0.717) is 23.2 Å². The van der Waals surface area contributed by atoms with Crippen LogP contribution in [0.2, 0.25) is 0 Å². The van der Waals surface area contributed by atoms with Gasteiger partial charge in [-0.15, -0.1) is 11.3 Å². The molecule has 6 nitrogen and oxygen atoms in total. The summed E-state index contributed by atoms with van der Waals surface area (Å²) >= 11 is 1.29. The molecule has 0 unspecified atom stereocenters. The molecule has 0 bridgehead atoms. The zero-order valence-electron chi connectivity index (χ0n) is 16.3. The van der Waals surface area contributed by atoms with Gasteiger partial charge >= 0.3 is 5.69 Å². The van der Waals surface area contributed by atoms with E-state index in [4.69, 9.17) is 0 Å². The van der Waals surface area contributed by atoms with Gasteiger partial charge in [0, 0.05) is 13.1 Å². The van der Waals surface area contributed by atoms with Gasteiger partial charge in [0.15, 0.2) is 0 Å². The second-order valence-electron chi connectivity index (χ2n) is 6.96. The zero-order chi connectivity index (χ0) is 20.9. The van der Waals surface area contributed by atoms with Gasteiger partial charge in [-0.05, 0) is 29.0 Å². The maximum absolute atomic E-state index is 13.1. The Morgan fingerprint density at radius 3 is 2.23 bits per heavy atom. The number of hydrogen-bond acceptors (Lipinski definition) is 4. The molecular weight excluding hydrogens is 398 g/mol. The Labute approximate surface area is 177 Å². The second kappa shape index (κ2) is 8.92. The van der Waals surface area contributed by atoms with E-state index in [9.17, 15) is 14.4 Å². The van der Waals surface area contributed by atoms with E-state index in [-0.39, 0.29) is 24.6 Å². The largest absolute Gasteiger partial charge is 0.350 e. The molecule has 2 aromatic carbocycles. The van der Waals surface area contributed by atoms with E-state index in [1.54, 1.807) is 11.4 Å². The van der Waals surface area contributed by atoms with Gasteiger partial charge in [-0.1, -0.05) is 60.7 Å². The van der Waals surface area contributed by atoms with E-state index in [1.165, 1.54) is 20.5 Å². The van der Waals surface area contributed by atoms with Gasteiger partial charge < -0.3 is 5.32 Å². The van der Waals surface area contributed by atoms with E-state index in [2.05, 4.69) is 5.32 Å². The number of amides is 1. The van der Waals surface area contributed by atoms with Crippen LogP contribution in [0.25, 0.3) is 10.2 Å². The van der Waals surface area contributed by atoms with Crippen LogP contribution in [0.4, 0.5) is 0 Å². The number of aromatic nitrogens is 2. The molecule has 0 aliphatic heterocycles. The standard InChI is InChI=1S/C23H21N3O3S/c27-20(24-15-18-9-5-2-6-10-18)16-26-19-12-14-30-21(19)22(28)25(23(26)29)13-11-17-7-3-1-4-8-17/h1-10,12,14H,11,13,15-16H2,(H,24,27). The first-order valence-corrected chi connectivity index (χ1v) is 10.6. The summed E-state index contributed by atoms with van der Waals surface area (Å²) in [6.07, 6.45) is 0.563. The van der Waals surface area contributed by atoms with Crippen molar-refractivity contribution in [1.29, 1.82) is 0 Å². The molecule has 4 aromatic rings. The van der Waals surface area contributed by atoms with Crippen LogP contribution in [0.5, 0.6) is 0 Å². The molecule has 2 heterocycles. The fraction of sp³-hybridized carbons (Fsp3) is 0.174. The smallest absolute Gasteiger partial charge is 0.332 e. The lowest BCUT2D eigenvalue weighted by atomic mass is 10.1. The quantitative estimate of drug-likeness (QED) is 0.501. The predicted octanol–water partition coefficient (Wildman–Crippen LogP) is 2.78. The highest BCUT2D eigenvalue weighted by Crippen LogP contribution is 2.15. The third kappa shape index (κ3) is 4.26. The lowest BCUT2D eigenvalue weighted by Gasteiger charge is -2.12. The third-order valence-electron chi connectivity index (χ3n) is 4.94. The van der Waals surface area contributed by atoms with Gasteiger partial charge in [0.2, 0.25) is 5.91 Å². The summed E-state index contributed by atoms with van der Waals surface area (Å²) in [4.78, 5) is 38.4. The number of fused-ring (bicyclic) bond motifs is 1. The van der Waals surface area contributed by atoms with Crippen molar-refractivity contribution in [2.24, 2.45) is 0 Å². The fourth-order valence-corrected chi connectivity index (χ4v) is 4.21. The number of carbonyl (C=O) groups excluding carboxylic acids is 1.